The van der Waals surface area contributed by atoms with Gasteiger partial charge in [0.15, 0.2) is 0 Å². The Bertz CT molecular complexity index is 1310. The maximum atomic E-state index is 6.64. The van der Waals surface area contributed by atoms with Gasteiger partial charge in [0.1, 0.15) is 23.0 Å². The van der Waals surface area contributed by atoms with Crippen molar-refractivity contribution in [2.24, 2.45) is 11.1 Å². The normalized spacial score (nSPS) is 19.7. The van der Waals surface area contributed by atoms with E-state index in [4.69, 9.17) is 28.1 Å². The second-order valence-electron chi connectivity index (χ2n) is 8.42. The fourth-order valence-corrected chi connectivity index (χ4v) is 6.04. The van der Waals surface area contributed by atoms with E-state index in [0.717, 1.165) is 59.4 Å². The van der Waals surface area contributed by atoms with E-state index in [0.29, 0.717) is 10.8 Å². The van der Waals surface area contributed by atoms with Crippen molar-refractivity contribution in [3.8, 4) is 0 Å². The van der Waals surface area contributed by atoms with E-state index < -0.39 is 0 Å². The number of nitrogens with two attached hydrogens (primary N) is 2. The molecule has 6 rings (SSSR count). The molecule has 1 fully saturated rings. The molecule has 0 aliphatic carbocycles. The number of fused-ring (bicyclic) bond motifs is 2. The van der Waals surface area contributed by atoms with E-state index in [9.17, 15) is 0 Å². The van der Waals surface area contributed by atoms with Crippen LogP contribution in [0.25, 0.3) is 5.52 Å². The summed E-state index contributed by atoms with van der Waals surface area (Å²) in [6.45, 7) is 2.72. The molecular formula is C21H22ClN9S. The molecule has 4 aromatic heterocycles. The van der Waals surface area contributed by atoms with Gasteiger partial charge in [-0.25, -0.2) is 15.0 Å². The summed E-state index contributed by atoms with van der Waals surface area (Å²) in [6.07, 6.45) is 11.1. The first-order valence-corrected chi connectivity index (χ1v) is 11.7. The Balaban J connectivity index is 1.26. The predicted octanol–water partition coefficient (Wildman–Crippen LogP) is 3.01. The SMILES string of the molecule is Nc1nccc(Sc2ncc(N3CCC4(CC3)Cn3nccc3[C@H]4N)n3cncc23)c1Cl. The minimum Gasteiger partial charge on any atom is -0.382 e. The van der Waals surface area contributed by atoms with Crippen molar-refractivity contribution in [2.45, 2.75) is 35.3 Å². The average Bonchev–Trinajstić information content (AvgIpc) is 3.51. The molecule has 6 heterocycles. The maximum Gasteiger partial charge on any atom is 0.143 e. The molecule has 0 bridgehead atoms. The molecule has 4 aromatic rings. The summed E-state index contributed by atoms with van der Waals surface area (Å²) in [7, 11) is 0. The summed E-state index contributed by atoms with van der Waals surface area (Å²) in [5.74, 6) is 1.34. The first-order valence-electron chi connectivity index (χ1n) is 10.5. The number of imidazole rings is 1. The molecule has 4 N–H and O–H groups in total. The minimum absolute atomic E-state index is 0.0369. The monoisotopic (exact) mass is 467 g/mol. The van der Waals surface area contributed by atoms with E-state index in [1.54, 1.807) is 6.20 Å². The van der Waals surface area contributed by atoms with Crippen molar-refractivity contribution in [3.63, 3.8) is 0 Å². The van der Waals surface area contributed by atoms with Gasteiger partial charge < -0.3 is 16.4 Å². The van der Waals surface area contributed by atoms with Crippen molar-refractivity contribution in [1.29, 1.82) is 0 Å². The minimum atomic E-state index is 0.0369. The third-order valence-electron chi connectivity index (χ3n) is 6.76. The third kappa shape index (κ3) is 2.97. The van der Waals surface area contributed by atoms with Crippen LogP contribution in [-0.2, 0) is 6.54 Å². The third-order valence-corrected chi connectivity index (χ3v) is 8.34. The predicted molar refractivity (Wildman–Crippen MR) is 124 cm³/mol. The van der Waals surface area contributed by atoms with Crippen molar-refractivity contribution in [2.75, 3.05) is 23.7 Å². The number of aromatic nitrogens is 6. The molecule has 0 amide bonds. The highest BCUT2D eigenvalue weighted by atomic mass is 35.5. The fraction of sp³-hybridized carbons (Fsp3) is 0.333. The number of hydrogen-bond donors (Lipinski definition) is 2. The van der Waals surface area contributed by atoms with Crippen LogP contribution in [0.3, 0.4) is 0 Å². The zero-order valence-electron chi connectivity index (χ0n) is 17.2. The van der Waals surface area contributed by atoms with Gasteiger partial charge in [-0.1, -0.05) is 23.4 Å². The topological polar surface area (TPSA) is 116 Å². The van der Waals surface area contributed by atoms with Crippen LogP contribution in [0.2, 0.25) is 5.02 Å². The molecule has 0 radical (unpaired) electrons. The maximum absolute atomic E-state index is 6.64. The smallest absolute Gasteiger partial charge is 0.143 e. The van der Waals surface area contributed by atoms with Crippen LogP contribution in [-0.4, -0.2) is 42.2 Å². The number of pyridine rings is 1. The average molecular weight is 468 g/mol. The van der Waals surface area contributed by atoms with E-state index in [-0.39, 0.29) is 11.5 Å². The molecule has 1 spiro atoms. The van der Waals surface area contributed by atoms with Gasteiger partial charge in [0.25, 0.3) is 0 Å². The highest BCUT2D eigenvalue weighted by Crippen LogP contribution is 2.48. The Morgan fingerprint density at radius 1 is 1.12 bits per heavy atom. The van der Waals surface area contributed by atoms with Crippen molar-refractivity contribution in [1.82, 2.24) is 29.1 Å². The Morgan fingerprint density at radius 2 is 1.97 bits per heavy atom. The fourth-order valence-electron chi connectivity index (χ4n) is 4.92. The van der Waals surface area contributed by atoms with Crippen LogP contribution in [0, 0.1) is 5.41 Å². The lowest BCUT2D eigenvalue weighted by molar-refractivity contribution is 0.170. The lowest BCUT2D eigenvalue weighted by Crippen LogP contribution is -2.45. The van der Waals surface area contributed by atoms with Gasteiger partial charge in [-0.3, -0.25) is 9.08 Å². The Kier molecular flexibility index (Phi) is 4.56. The molecule has 11 heteroatoms. The molecule has 1 atom stereocenters. The van der Waals surface area contributed by atoms with Gasteiger partial charge in [-0.2, -0.15) is 5.10 Å². The summed E-state index contributed by atoms with van der Waals surface area (Å²) in [6, 6.07) is 3.92. The van der Waals surface area contributed by atoms with Crippen LogP contribution in [0.1, 0.15) is 24.6 Å². The first kappa shape index (κ1) is 19.8. The van der Waals surface area contributed by atoms with Crippen LogP contribution in [0.15, 0.2) is 53.2 Å². The van der Waals surface area contributed by atoms with Gasteiger partial charge in [0.2, 0.25) is 0 Å². The van der Waals surface area contributed by atoms with E-state index in [2.05, 4.69) is 29.0 Å². The summed E-state index contributed by atoms with van der Waals surface area (Å²) >= 11 is 7.79. The largest absolute Gasteiger partial charge is 0.382 e. The Hall–Kier alpha value is -2.82. The number of nitrogen functional groups attached to an aromatic ring is 1. The molecule has 1 saturated heterocycles. The molecule has 32 heavy (non-hydrogen) atoms. The summed E-state index contributed by atoms with van der Waals surface area (Å²) < 4.78 is 4.16. The van der Waals surface area contributed by atoms with E-state index in [1.165, 1.54) is 11.8 Å². The lowest BCUT2D eigenvalue weighted by atomic mass is 9.73. The number of hydrogen-bond acceptors (Lipinski definition) is 8. The van der Waals surface area contributed by atoms with Gasteiger partial charge in [0, 0.05) is 42.3 Å². The van der Waals surface area contributed by atoms with Crippen LogP contribution in [0.4, 0.5) is 11.6 Å². The van der Waals surface area contributed by atoms with E-state index >= 15 is 0 Å². The van der Waals surface area contributed by atoms with Gasteiger partial charge in [0.05, 0.1) is 34.7 Å². The molecular weight excluding hydrogens is 446 g/mol. The highest BCUT2D eigenvalue weighted by Gasteiger charge is 2.47. The van der Waals surface area contributed by atoms with Crippen LogP contribution < -0.4 is 16.4 Å². The number of rotatable bonds is 3. The molecule has 0 unspecified atom stereocenters. The first-order chi connectivity index (χ1) is 15.6. The van der Waals surface area contributed by atoms with Gasteiger partial charge >= 0.3 is 0 Å². The second kappa shape index (κ2) is 7.36. The molecule has 2 aliphatic heterocycles. The van der Waals surface area contributed by atoms with Crippen LogP contribution in [0.5, 0.6) is 0 Å². The summed E-state index contributed by atoms with van der Waals surface area (Å²) in [5, 5.41) is 5.70. The van der Waals surface area contributed by atoms with E-state index in [1.807, 2.05) is 37.1 Å². The molecule has 9 nitrogen and oxygen atoms in total. The summed E-state index contributed by atoms with van der Waals surface area (Å²) in [5.41, 5.74) is 14.6. The number of piperidine rings is 1. The Labute approximate surface area is 193 Å². The van der Waals surface area contributed by atoms with Crippen molar-refractivity contribution < 1.29 is 0 Å². The van der Waals surface area contributed by atoms with Gasteiger partial charge in [-0.05, 0) is 25.0 Å². The summed E-state index contributed by atoms with van der Waals surface area (Å²) in [4.78, 5) is 16.3. The number of nitrogens with zero attached hydrogens (tertiary/aromatic N) is 7. The number of halogens is 1. The zero-order chi connectivity index (χ0) is 21.9. The molecule has 0 aromatic carbocycles. The van der Waals surface area contributed by atoms with Crippen LogP contribution >= 0.6 is 23.4 Å². The quantitative estimate of drug-likeness (QED) is 0.472. The number of anilines is 2. The second-order valence-corrected chi connectivity index (χ2v) is 9.83. The van der Waals surface area contributed by atoms with Gasteiger partial charge in [-0.15, -0.1) is 0 Å². The zero-order valence-corrected chi connectivity index (χ0v) is 18.8. The van der Waals surface area contributed by atoms with Crippen molar-refractivity contribution >= 4 is 40.5 Å². The molecule has 0 saturated carbocycles. The highest BCUT2D eigenvalue weighted by molar-refractivity contribution is 7.99. The molecule has 2 aliphatic rings. The molecule has 164 valence electrons. The lowest BCUT2D eigenvalue weighted by Gasteiger charge is -2.42. The Morgan fingerprint density at radius 3 is 2.78 bits per heavy atom. The van der Waals surface area contributed by atoms with Crippen molar-refractivity contribution in [3.05, 3.63) is 54.0 Å². The standard InChI is InChI=1S/C21H22ClN9S/c22-17-15(2-5-26-19(17)24)32-20-14-9-25-12-30(14)16(10-27-20)29-7-3-21(4-8-29)11-31-13(18(21)23)1-6-28-31/h1-2,5-6,9-10,12,18H,3-4,7-8,11,23H2,(H2,24,26)/t18-/m1/s1.